The number of aliphatic hydroxyl groups excluding tert-OH is 1. The highest BCUT2D eigenvalue weighted by Crippen LogP contribution is 2.40. The van der Waals surface area contributed by atoms with Crippen molar-refractivity contribution in [3.63, 3.8) is 0 Å². The second kappa shape index (κ2) is 6.86. The van der Waals surface area contributed by atoms with E-state index in [1.165, 1.54) is 30.5 Å². The lowest BCUT2D eigenvalue weighted by Crippen LogP contribution is -2.24. The minimum absolute atomic E-state index is 0.170. The molecule has 0 amide bonds. The van der Waals surface area contributed by atoms with Gasteiger partial charge in [-0.15, -0.1) is 0 Å². The van der Waals surface area contributed by atoms with Gasteiger partial charge >= 0.3 is 0 Å². The standard InChI is InChI=1S/C15H22FNO/c16-14-8-6-13(7-9-14)15(12-4-5-12)17-10-2-1-3-11-18/h6-9,12,15,17-18H,1-5,10-11H2. The molecule has 0 heterocycles. The molecular formula is C15H22FNO. The molecule has 1 aliphatic rings. The lowest BCUT2D eigenvalue weighted by Gasteiger charge is -2.18. The molecule has 1 aromatic carbocycles. The van der Waals surface area contributed by atoms with Crippen LogP contribution in [0.25, 0.3) is 0 Å². The molecule has 0 radical (unpaired) electrons. The Morgan fingerprint density at radius 2 is 1.89 bits per heavy atom. The number of aliphatic hydroxyl groups is 1. The molecule has 1 aliphatic carbocycles. The SMILES string of the molecule is OCCCCCNC(c1ccc(F)cc1)C1CC1. The van der Waals surface area contributed by atoms with Crippen LogP contribution in [0.4, 0.5) is 4.39 Å². The van der Waals surface area contributed by atoms with Crippen LogP contribution in [0.2, 0.25) is 0 Å². The van der Waals surface area contributed by atoms with Crippen molar-refractivity contribution in [2.45, 2.75) is 38.1 Å². The third-order valence-corrected chi connectivity index (χ3v) is 3.52. The minimum Gasteiger partial charge on any atom is -0.396 e. The predicted octanol–water partition coefficient (Wildman–Crippen LogP) is 3.03. The summed E-state index contributed by atoms with van der Waals surface area (Å²) in [5.41, 5.74) is 1.20. The Labute approximate surface area is 108 Å². The molecule has 1 unspecified atom stereocenters. The number of benzene rings is 1. The second-order valence-electron chi connectivity index (χ2n) is 5.11. The average Bonchev–Trinajstić information content (AvgIpc) is 3.20. The first-order valence-corrected chi connectivity index (χ1v) is 6.91. The fourth-order valence-electron chi connectivity index (χ4n) is 2.33. The van der Waals surface area contributed by atoms with Gasteiger partial charge in [0, 0.05) is 12.6 Å². The van der Waals surface area contributed by atoms with Crippen LogP contribution < -0.4 is 5.32 Å². The van der Waals surface area contributed by atoms with Crippen molar-refractivity contribution in [1.29, 1.82) is 0 Å². The zero-order valence-corrected chi connectivity index (χ0v) is 10.7. The third kappa shape index (κ3) is 4.07. The van der Waals surface area contributed by atoms with Gasteiger partial charge in [-0.2, -0.15) is 0 Å². The van der Waals surface area contributed by atoms with Crippen molar-refractivity contribution in [2.24, 2.45) is 5.92 Å². The van der Waals surface area contributed by atoms with Crippen molar-refractivity contribution >= 4 is 0 Å². The first-order chi connectivity index (χ1) is 8.81. The van der Waals surface area contributed by atoms with E-state index in [2.05, 4.69) is 5.32 Å². The maximum Gasteiger partial charge on any atom is 0.123 e. The van der Waals surface area contributed by atoms with Crippen LogP contribution in [-0.2, 0) is 0 Å². The number of hydrogen-bond acceptors (Lipinski definition) is 2. The number of unbranched alkanes of at least 4 members (excludes halogenated alkanes) is 2. The normalized spacial score (nSPS) is 16.8. The smallest absolute Gasteiger partial charge is 0.123 e. The van der Waals surface area contributed by atoms with Crippen molar-refractivity contribution in [1.82, 2.24) is 5.32 Å². The van der Waals surface area contributed by atoms with E-state index in [1.54, 1.807) is 0 Å². The quantitative estimate of drug-likeness (QED) is 0.696. The molecule has 2 N–H and O–H groups in total. The molecule has 18 heavy (non-hydrogen) atoms. The molecule has 1 aromatic rings. The summed E-state index contributed by atoms with van der Waals surface area (Å²) in [6, 6.07) is 7.23. The van der Waals surface area contributed by atoms with Crippen LogP contribution in [0.15, 0.2) is 24.3 Å². The molecule has 0 aliphatic heterocycles. The lowest BCUT2D eigenvalue weighted by molar-refractivity contribution is 0.282. The Morgan fingerprint density at radius 1 is 1.17 bits per heavy atom. The maximum atomic E-state index is 12.9. The van der Waals surface area contributed by atoms with Gasteiger partial charge in [0.05, 0.1) is 0 Å². The van der Waals surface area contributed by atoms with E-state index in [-0.39, 0.29) is 12.4 Å². The number of nitrogens with one attached hydrogen (secondary N) is 1. The highest BCUT2D eigenvalue weighted by Gasteiger charge is 2.31. The van der Waals surface area contributed by atoms with Crippen LogP contribution in [0.5, 0.6) is 0 Å². The second-order valence-corrected chi connectivity index (χ2v) is 5.11. The fourth-order valence-corrected chi connectivity index (χ4v) is 2.33. The first kappa shape index (κ1) is 13.5. The van der Waals surface area contributed by atoms with Crippen LogP contribution >= 0.6 is 0 Å². The van der Waals surface area contributed by atoms with Crippen LogP contribution in [0.3, 0.4) is 0 Å². The summed E-state index contributed by atoms with van der Waals surface area (Å²) in [4.78, 5) is 0. The summed E-state index contributed by atoms with van der Waals surface area (Å²) < 4.78 is 12.9. The van der Waals surface area contributed by atoms with Gasteiger partial charge in [0.15, 0.2) is 0 Å². The van der Waals surface area contributed by atoms with E-state index in [9.17, 15) is 4.39 Å². The van der Waals surface area contributed by atoms with Gasteiger partial charge in [0.2, 0.25) is 0 Å². The van der Waals surface area contributed by atoms with Crippen molar-refractivity contribution in [2.75, 3.05) is 13.2 Å². The zero-order chi connectivity index (χ0) is 12.8. The largest absolute Gasteiger partial charge is 0.396 e. The fraction of sp³-hybridized carbons (Fsp3) is 0.600. The topological polar surface area (TPSA) is 32.3 Å². The Kier molecular flexibility index (Phi) is 5.14. The van der Waals surface area contributed by atoms with Gasteiger partial charge in [-0.1, -0.05) is 12.1 Å². The molecule has 100 valence electrons. The molecule has 1 fully saturated rings. The maximum absolute atomic E-state index is 12.9. The Balaban J connectivity index is 1.82. The van der Waals surface area contributed by atoms with Gasteiger partial charge in [-0.05, 0) is 62.3 Å². The van der Waals surface area contributed by atoms with E-state index in [0.717, 1.165) is 25.8 Å². The number of halogens is 1. The molecule has 3 heteroatoms. The third-order valence-electron chi connectivity index (χ3n) is 3.52. The van der Waals surface area contributed by atoms with E-state index >= 15 is 0 Å². The Morgan fingerprint density at radius 3 is 2.50 bits per heavy atom. The molecule has 0 bridgehead atoms. The first-order valence-electron chi connectivity index (χ1n) is 6.91. The van der Waals surface area contributed by atoms with E-state index < -0.39 is 0 Å². The highest BCUT2D eigenvalue weighted by molar-refractivity contribution is 5.21. The predicted molar refractivity (Wildman–Crippen MR) is 70.8 cm³/mol. The monoisotopic (exact) mass is 251 g/mol. The van der Waals surface area contributed by atoms with Crippen molar-refractivity contribution < 1.29 is 9.50 Å². The molecule has 0 aromatic heterocycles. The summed E-state index contributed by atoms with van der Waals surface area (Å²) in [5.74, 6) is 0.546. The summed E-state index contributed by atoms with van der Waals surface area (Å²) in [6.45, 7) is 1.25. The lowest BCUT2D eigenvalue weighted by atomic mass is 10.0. The van der Waals surface area contributed by atoms with Gasteiger partial charge in [-0.3, -0.25) is 0 Å². The van der Waals surface area contributed by atoms with Gasteiger partial charge in [0.25, 0.3) is 0 Å². The van der Waals surface area contributed by atoms with E-state index in [4.69, 9.17) is 5.11 Å². The minimum atomic E-state index is -0.170. The molecule has 1 atom stereocenters. The molecule has 1 saturated carbocycles. The van der Waals surface area contributed by atoms with Gasteiger partial charge < -0.3 is 10.4 Å². The number of rotatable bonds is 8. The van der Waals surface area contributed by atoms with Gasteiger partial charge in [0.1, 0.15) is 5.82 Å². The van der Waals surface area contributed by atoms with E-state index in [0.29, 0.717) is 12.0 Å². The molecule has 0 saturated heterocycles. The molecular weight excluding hydrogens is 229 g/mol. The number of hydrogen-bond donors (Lipinski definition) is 2. The zero-order valence-electron chi connectivity index (χ0n) is 10.7. The van der Waals surface area contributed by atoms with Crippen LogP contribution in [0, 0.1) is 11.7 Å². The summed E-state index contributed by atoms with van der Waals surface area (Å²) in [5, 5.41) is 12.3. The molecule has 0 spiro atoms. The summed E-state index contributed by atoms with van der Waals surface area (Å²) >= 11 is 0. The summed E-state index contributed by atoms with van der Waals surface area (Å²) in [7, 11) is 0. The van der Waals surface area contributed by atoms with Crippen LogP contribution in [-0.4, -0.2) is 18.3 Å². The molecule has 2 nitrogen and oxygen atoms in total. The Bertz CT molecular complexity index is 348. The van der Waals surface area contributed by atoms with E-state index in [1.807, 2.05) is 12.1 Å². The molecule has 2 rings (SSSR count). The van der Waals surface area contributed by atoms with Gasteiger partial charge in [-0.25, -0.2) is 4.39 Å². The highest BCUT2D eigenvalue weighted by atomic mass is 19.1. The summed E-state index contributed by atoms with van der Waals surface area (Å²) in [6.07, 6.45) is 5.57. The Hall–Kier alpha value is -0.930. The van der Waals surface area contributed by atoms with Crippen LogP contribution in [0.1, 0.15) is 43.7 Å². The van der Waals surface area contributed by atoms with Crippen molar-refractivity contribution in [3.05, 3.63) is 35.6 Å². The average molecular weight is 251 g/mol. The van der Waals surface area contributed by atoms with Crippen molar-refractivity contribution in [3.8, 4) is 0 Å².